The maximum Gasteiger partial charge on any atom is 0.159 e. The van der Waals surface area contributed by atoms with Gasteiger partial charge >= 0.3 is 0 Å². The SMILES string of the molecule is CNC(C)CSc1ccc(F)c(F)c1. The van der Waals surface area contributed by atoms with Gasteiger partial charge in [-0.25, -0.2) is 8.78 Å². The van der Waals surface area contributed by atoms with Gasteiger partial charge in [-0.3, -0.25) is 0 Å². The second-order valence-electron chi connectivity index (χ2n) is 3.08. The van der Waals surface area contributed by atoms with Crippen LogP contribution in [0, 0.1) is 11.6 Å². The molecule has 1 atom stereocenters. The van der Waals surface area contributed by atoms with Crippen molar-refractivity contribution in [3.63, 3.8) is 0 Å². The van der Waals surface area contributed by atoms with E-state index in [1.165, 1.54) is 17.8 Å². The van der Waals surface area contributed by atoms with Crippen LogP contribution in [0.1, 0.15) is 6.92 Å². The molecule has 0 saturated carbocycles. The van der Waals surface area contributed by atoms with Crippen LogP contribution in [-0.2, 0) is 0 Å². The first-order chi connectivity index (χ1) is 6.63. The third-order valence-electron chi connectivity index (χ3n) is 1.88. The van der Waals surface area contributed by atoms with E-state index in [1.807, 2.05) is 14.0 Å². The van der Waals surface area contributed by atoms with Crippen LogP contribution in [-0.4, -0.2) is 18.8 Å². The van der Waals surface area contributed by atoms with Crippen LogP contribution < -0.4 is 5.32 Å². The molecule has 0 bridgehead atoms. The van der Waals surface area contributed by atoms with Gasteiger partial charge in [0.05, 0.1) is 0 Å². The van der Waals surface area contributed by atoms with Crippen LogP contribution in [0.4, 0.5) is 8.78 Å². The molecule has 1 N–H and O–H groups in total. The normalized spacial score (nSPS) is 12.9. The minimum Gasteiger partial charge on any atom is -0.316 e. The molecule has 1 unspecified atom stereocenters. The van der Waals surface area contributed by atoms with Crippen molar-refractivity contribution in [2.45, 2.75) is 17.9 Å². The van der Waals surface area contributed by atoms with Crippen molar-refractivity contribution < 1.29 is 8.78 Å². The highest BCUT2D eigenvalue weighted by atomic mass is 32.2. The number of hydrogen-bond acceptors (Lipinski definition) is 2. The molecule has 0 aliphatic heterocycles. The maximum atomic E-state index is 12.8. The van der Waals surface area contributed by atoms with Gasteiger partial charge in [-0.2, -0.15) is 0 Å². The number of nitrogens with one attached hydrogen (secondary N) is 1. The summed E-state index contributed by atoms with van der Waals surface area (Å²) in [4.78, 5) is 0.756. The minimum absolute atomic E-state index is 0.355. The van der Waals surface area contributed by atoms with Gasteiger partial charge < -0.3 is 5.32 Å². The Labute approximate surface area is 86.9 Å². The molecule has 14 heavy (non-hydrogen) atoms. The van der Waals surface area contributed by atoms with Gasteiger partial charge in [-0.05, 0) is 32.2 Å². The largest absolute Gasteiger partial charge is 0.316 e. The van der Waals surface area contributed by atoms with Gasteiger partial charge in [0, 0.05) is 16.7 Å². The maximum absolute atomic E-state index is 12.8. The Kier molecular flexibility index (Phi) is 4.35. The topological polar surface area (TPSA) is 12.0 Å². The van der Waals surface area contributed by atoms with Gasteiger partial charge in [-0.1, -0.05) is 0 Å². The molecule has 0 amide bonds. The Bertz CT molecular complexity index is 304. The van der Waals surface area contributed by atoms with Crippen molar-refractivity contribution in [3.05, 3.63) is 29.8 Å². The Morgan fingerprint density at radius 2 is 2.07 bits per heavy atom. The molecule has 1 rings (SSSR count). The van der Waals surface area contributed by atoms with E-state index in [4.69, 9.17) is 0 Å². The zero-order chi connectivity index (χ0) is 10.6. The summed E-state index contributed by atoms with van der Waals surface area (Å²) in [7, 11) is 1.87. The van der Waals surface area contributed by atoms with Gasteiger partial charge in [-0.15, -0.1) is 11.8 Å². The lowest BCUT2D eigenvalue weighted by molar-refractivity contribution is 0.506. The molecule has 1 aromatic rings. The molecule has 0 aliphatic rings. The van der Waals surface area contributed by atoms with E-state index in [0.29, 0.717) is 6.04 Å². The molecule has 0 heterocycles. The van der Waals surface area contributed by atoms with Gasteiger partial charge in [0.1, 0.15) is 0 Å². The van der Waals surface area contributed by atoms with E-state index in [1.54, 1.807) is 6.07 Å². The van der Waals surface area contributed by atoms with Crippen LogP contribution in [0.3, 0.4) is 0 Å². The number of benzene rings is 1. The molecule has 78 valence electrons. The van der Waals surface area contributed by atoms with Crippen molar-refractivity contribution in [2.24, 2.45) is 0 Å². The molecule has 0 saturated heterocycles. The molecule has 0 spiro atoms. The number of hydrogen-bond donors (Lipinski definition) is 1. The third kappa shape index (κ3) is 3.27. The molecule has 1 nitrogen and oxygen atoms in total. The fourth-order valence-electron chi connectivity index (χ4n) is 0.871. The second kappa shape index (κ2) is 5.32. The highest BCUT2D eigenvalue weighted by Gasteiger charge is 2.04. The summed E-state index contributed by atoms with van der Waals surface area (Å²) >= 11 is 1.51. The first-order valence-corrected chi connectivity index (χ1v) is 5.37. The van der Waals surface area contributed by atoms with Crippen molar-refractivity contribution in [3.8, 4) is 0 Å². The van der Waals surface area contributed by atoms with Gasteiger partial charge in [0.2, 0.25) is 0 Å². The van der Waals surface area contributed by atoms with E-state index in [2.05, 4.69) is 5.32 Å². The highest BCUT2D eigenvalue weighted by Crippen LogP contribution is 2.20. The van der Waals surface area contributed by atoms with Crippen LogP contribution in [0.15, 0.2) is 23.1 Å². The lowest BCUT2D eigenvalue weighted by atomic mass is 10.3. The van der Waals surface area contributed by atoms with Crippen molar-refractivity contribution >= 4 is 11.8 Å². The average molecular weight is 217 g/mol. The molecular formula is C10H13F2NS. The molecule has 1 aromatic carbocycles. The summed E-state index contributed by atoms with van der Waals surface area (Å²) in [6.45, 7) is 2.03. The van der Waals surface area contributed by atoms with Gasteiger partial charge in [0.15, 0.2) is 11.6 Å². The second-order valence-corrected chi connectivity index (χ2v) is 4.17. The standard InChI is InChI=1S/C10H13F2NS/c1-7(13-2)6-14-8-3-4-9(11)10(12)5-8/h3-5,7,13H,6H2,1-2H3. The quantitative estimate of drug-likeness (QED) is 0.778. The number of halogens is 2. The minimum atomic E-state index is -0.795. The fraction of sp³-hybridized carbons (Fsp3) is 0.400. The summed E-state index contributed by atoms with van der Waals surface area (Å²) in [6.07, 6.45) is 0. The van der Waals surface area contributed by atoms with E-state index in [9.17, 15) is 8.78 Å². The van der Waals surface area contributed by atoms with Crippen LogP contribution in [0.25, 0.3) is 0 Å². The molecular weight excluding hydrogens is 204 g/mol. The first-order valence-electron chi connectivity index (χ1n) is 4.38. The predicted molar refractivity (Wildman–Crippen MR) is 55.6 cm³/mol. The van der Waals surface area contributed by atoms with Gasteiger partial charge in [0.25, 0.3) is 0 Å². The predicted octanol–water partition coefficient (Wildman–Crippen LogP) is 2.66. The smallest absolute Gasteiger partial charge is 0.159 e. The summed E-state index contributed by atoms with van der Waals surface area (Å²) in [5.74, 6) is -0.746. The summed E-state index contributed by atoms with van der Waals surface area (Å²) in [6, 6.07) is 4.32. The van der Waals surface area contributed by atoms with Crippen molar-refractivity contribution in [1.29, 1.82) is 0 Å². The number of thioether (sulfide) groups is 1. The van der Waals surface area contributed by atoms with Crippen molar-refractivity contribution in [2.75, 3.05) is 12.8 Å². The van der Waals surface area contributed by atoms with E-state index in [-0.39, 0.29) is 0 Å². The Hall–Kier alpha value is -0.610. The Morgan fingerprint density at radius 3 is 2.64 bits per heavy atom. The summed E-state index contributed by atoms with van der Waals surface area (Å²) in [5.41, 5.74) is 0. The van der Waals surface area contributed by atoms with Crippen LogP contribution >= 0.6 is 11.8 Å². The first kappa shape index (κ1) is 11.5. The van der Waals surface area contributed by atoms with E-state index < -0.39 is 11.6 Å². The zero-order valence-electron chi connectivity index (χ0n) is 8.18. The summed E-state index contributed by atoms with van der Waals surface area (Å²) < 4.78 is 25.3. The lowest BCUT2D eigenvalue weighted by Crippen LogP contribution is -2.23. The van der Waals surface area contributed by atoms with E-state index in [0.717, 1.165) is 16.7 Å². The zero-order valence-corrected chi connectivity index (χ0v) is 9.00. The molecule has 0 radical (unpaired) electrons. The van der Waals surface area contributed by atoms with Crippen molar-refractivity contribution in [1.82, 2.24) is 5.32 Å². The summed E-state index contributed by atoms with van der Waals surface area (Å²) in [5, 5.41) is 3.07. The fourth-order valence-corrected chi connectivity index (χ4v) is 1.83. The molecule has 4 heteroatoms. The van der Waals surface area contributed by atoms with Crippen LogP contribution in [0.5, 0.6) is 0 Å². The Balaban J connectivity index is 2.55. The third-order valence-corrected chi connectivity index (χ3v) is 3.14. The Morgan fingerprint density at radius 1 is 1.36 bits per heavy atom. The van der Waals surface area contributed by atoms with Crippen LogP contribution in [0.2, 0.25) is 0 Å². The molecule has 0 aliphatic carbocycles. The monoisotopic (exact) mass is 217 g/mol. The lowest BCUT2D eigenvalue weighted by Gasteiger charge is -2.09. The number of rotatable bonds is 4. The highest BCUT2D eigenvalue weighted by molar-refractivity contribution is 7.99. The average Bonchev–Trinajstić information content (AvgIpc) is 2.19. The molecule has 0 aromatic heterocycles. The van der Waals surface area contributed by atoms with E-state index >= 15 is 0 Å². The molecule has 0 fully saturated rings.